The molecule has 0 aromatic rings. The Hall–Kier alpha value is -0.320. The Bertz CT molecular complexity index is 875. The second-order valence-electron chi connectivity index (χ2n) is 6.73. The molecule has 0 spiro atoms. The summed E-state index contributed by atoms with van der Waals surface area (Å²) in [5, 5.41) is 0. The van der Waals surface area contributed by atoms with E-state index in [1.54, 1.807) is 0 Å². The molecule has 0 aliphatic heterocycles. The van der Waals surface area contributed by atoms with Gasteiger partial charge in [-0.2, -0.15) is 25.3 Å². The summed E-state index contributed by atoms with van der Waals surface area (Å²) < 4.78 is 105. The second-order valence-corrected chi connectivity index (χ2v) is 13.9. The quantitative estimate of drug-likeness (QED) is 0.259. The van der Waals surface area contributed by atoms with Gasteiger partial charge in [0.2, 0.25) is 0 Å². The van der Waals surface area contributed by atoms with Crippen molar-refractivity contribution in [1.82, 2.24) is 0 Å². The van der Waals surface area contributed by atoms with Gasteiger partial charge in [-0.25, -0.2) is 8.42 Å². The van der Waals surface area contributed by atoms with Gasteiger partial charge in [-0.05, 0) is 33.6 Å². The maximum Gasteiger partial charge on any atom is 0.293 e. The van der Waals surface area contributed by atoms with Crippen molar-refractivity contribution in [2.45, 2.75) is 45.6 Å². The molecule has 11 nitrogen and oxygen atoms in total. The van der Waals surface area contributed by atoms with E-state index in [0.717, 1.165) is 6.26 Å². The van der Waals surface area contributed by atoms with E-state index in [2.05, 4.69) is 8.37 Å². The fraction of sp³-hybridized carbons (Fsp3) is 1.00. The van der Waals surface area contributed by atoms with E-state index in [1.165, 1.54) is 20.8 Å². The Balaban J connectivity index is 4.27. The Labute approximate surface area is 161 Å². The van der Waals surface area contributed by atoms with Crippen LogP contribution in [0.15, 0.2) is 0 Å². The minimum absolute atomic E-state index is 0.0180. The molecule has 0 aromatic carbocycles. The van der Waals surface area contributed by atoms with E-state index in [-0.39, 0.29) is 19.3 Å². The third kappa shape index (κ3) is 16.3. The highest BCUT2D eigenvalue weighted by molar-refractivity contribution is 7.92. The molecule has 27 heavy (non-hydrogen) atoms. The summed E-state index contributed by atoms with van der Waals surface area (Å²) in [4.78, 5) is 0. The first-order chi connectivity index (χ1) is 11.8. The van der Waals surface area contributed by atoms with Crippen LogP contribution >= 0.6 is 0 Å². The predicted octanol–water partition coefficient (Wildman–Crippen LogP) is -0.0460. The van der Waals surface area contributed by atoms with Crippen LogP contribution in [0.4, 0.5) is 0 Å². The van der Waals surface area contributed by atoms with Crippen molar-refractivity contribution in [3.63, 3.8) is 0 Å². The van der Waals surface area contributed by atoms with Crippen molar-refractivity contribution in [3.8, 4) is 0 Å². The third-order valence-corrected chi connectivity index (χ3v) is 7.02. The molecule has 0 aromatic heterocycles. The second kappa shape index (κ2) is 9.93. The van der Waals surface area contributed by atoms with Crippen molar-refractivity contribution in [2.75, 3.05) is 29.6 Å². The molecule has 0 aliphatic rings. The van der Waals surface area contributed by atoms with Crippen LogP contribution in [-0.2, 0) is 52.7 Å². The first-order valence-electron chi connectivity index (χ1n) is 7.68. The smallest absolute Gasteiger partial charge is 0.263 e. The SMILES string of the molecule is CC(C)(C)OS(=O)(=O)COS(=O)(=O)CCCCCS(=O)(=O)OCS(C)(=O)=O. The molecule has 0 saturated heterocycles. The molecule has 0 atom stereocenters. The summed E-state index contributed by atoms with van der Waals surface area (Å²) in [6.07, 6.45) is 1.03. The van der Waals surface area contributed by atoms with E-state index in [9.17, 15) is 33.7 Å². The number of rotatable bonds is 13. The van der Waals surface area contributed by atoms with Gasteiger partial charge in [-0.15, -0.1) is 0 Å². The first kappa shape index (κ1) is 26.7. The van der Waals surface area contributed by atoms with Gasteiger partial charge in [0.25, 0.3) is 30.4 Å². The van der Waals surface area contributed by atoms with Gasteiger partial charge in [0.05, 0.1) is 17.1 Å². The Morgan fingerprint density at radius 3 is 1.41 bits per heavy atom. The van der Waals surface area contributed by atoms with Crippen molar-refractivity contribution in [1.29, 1.82) is 0 Å². The molecule has 0 aliphatic carbocycles. The lowest BCUT2D eigenvalue weighted by Gasteiger charge is -2.18. The fourth-order valence-electron chi connectivity index (χ4n) is 1.55. The molecule has 0 radical (unpaired) electrons. The van der Waals surface area contributed by atoms with Gasteiger partial charge in [0.15, 0.2) is 21.7 Å². The standard InChI is InChI=1S/C12H26O11S4/c1-12(2,3)23-27(19,20)11-22-26(17,18)9-7-5-6-8-25(15,16)21-10-24(4,13)14/h5-11H2,1-4H3. The molecule has 0 rings (SSSR count). The van der Waals surface area contributed by atoms with Gasteiger partial charge >= 0.3 is 0 Å². The van der Waals surface area contributed by atoms with E-state index >= 15 is 0 Å². The number of hydrogen-bond acceptors (Lipinski definition) is 11. The number of hydrogen-bond donors (Lipinski definition) is 0. The molecule has 0 N–H and O–H groups in total. The molecular weight excluding hydrogens is 448 g/mol. The largest absolute Gasteiger partial charge is 0.293 e. The minimum atomic E-state index is -4.19. The van der Waals surface area contributed by atoms with Gasteiger partial charge in [-0.1, -0.05) is 6.42 Å². The van der Waals surface area contributed by atoms with Crippen LogP contribution in [0, 0.1) is 0 Å². The Kier molecular flexibility index (Phi) is 9.82. The molecule has 0 bridgehead atoms. The summed E-state index contributed by atoms with van der Waals surface area (Å²) >= 11 is 0. The van der Waals surface area contributed by atoms with Gasteiger partial charge in [0, 0.05) is 6.26 Å². The highest BCUT2D eigenvalue weighted by Gasteiger charge is 2.25. The van der Waals surface area contributed by atoms with Gasteiger partial charge in [-0.3, -0.25) is 12.5 Å². The molecule has 164 valence electrons. The highest BCUT2D eigenvalue weighted by atomic mass is 32.2. The van der Waals surface area contributed by atoms with Crippen molar-refractivity contribution < 1.29 is 46.2 Å². The summed E-state index contributed by atoms with van der Waals surface area (Å²) in [6, 6.07) is 0. The fourth-order valence-corrected chi connectivity index (χ4v) is 6.05. The van der Waals surface area contributed by atoms with E-state index in [4.69, 9.17) is 4.18 Å². The van der Waals surface area contributed by atoms with Crippen LogP contribution in [0.25, 0.3) is 0 Å². The van der Waals surface area contributed by atoms with Crippen LogP contribution in [0.3, 0.4) is 0 Å². The zero-order valence-electron chi connectivity index (χ0n) is 15.6. The monoisotopic (exact) mass is 474 g/mol. The van der Waals surface area contributed by atoms with Crippen LogP contribution in [-0.4, -0.2) is 68.9 Å². The van der Waals surface area contributed by atoms with Crippen LogP contribution in [0.2, 0.25) is 0 Å². The Morgan fingerprint density at radius 2 is 1.04 bits per heavy atom. The number of sulfone groups is 1. The van der Waals surface area contributed by atoms with Crippen molar-refractivity contribution >= 4 is 40.2 Å². The summed E-state index contributed by atoms with van der Waals surface area (Å²) in [5.41, 5.74) is -1.03. The predicted molar refractivity (Wildman–Crippen MR) is 97.9 cm³/mol. The minimum Gasteiger partial charge on any atom is -0.263 e. The summed E-state index contributed by atoms with van der Waals surface area (Å²) in [7, 11) is -16.0. The molecule has 15 heteroatoms. The zero-order valence-corrected chi connectivity index (χ0v) is 18.8. The number of unbranched alkanes of at least 4 members (excludes halogenated alkanes) is 2. The molecule has 0 heterocycles. The maximum absolute atomic E-state index is 11.7. The highest BCUT2D eigenvalue weighted by Crippen LogP contribution is 2.13. The lowest BCUT2D eigenvalue weighted by atomic mass is 10.2. The normalized spacial score (nSPS) is 14.4. The van der Waals surface area contributed by atoms with Gasteiger partial charge in [0.1, 0.15) is 0 Å². The van der Waals surface area contributed by atoms with E-state index in [1.807, 2.05) is 0 Å². The Morgan fingerprint density at radius 1 is 0.630 bits per heavy atom. The molecule has 0 amide bonds. The van der Waals surface area contributed by atoms with E-state index in [0.29, 0.717) is 0 Å². The third-order valence-electron chi connectivity index (χ3n) is 2.48. The van der Waals surface area contributed by atoms with Crippen LogP contribution in [0.1, 0.15) is 40.0 Å². The average molecular weight is 475 g/mol. The van der Waals surface area contributed by atoms with Crippen molar-refractivity contribution in [2.24, 2.45) is 0 Å². The van der Waals surface area contributed by atoms with Gasteiger partial charge < -0.3 is 0 Å². The lowest BCUT2D eigenvalue weighted by Crippen LogP contribution is -2.27. The molecule has 0 unspecified atom stereocenters. The van der Waals surface area contributed by atoms with E-state index < -0.39 is 69.2 Å². The lowest BCUT2D eigenvalue weighted by molar-refractivity contribution is 0.134. The summed E-state index contributed by atoms with van der Waals surface area (Å²) in [6.45, 7) is 4.44. The molecular formula is C12H26O11S4. The molecule has 0 saturated carbocycles. The van der Waals surface area contributed by atoms with Crippen LogP contribution in [0.5, 0.6) is 0 Å². The maximum atomic E-state index is 11.7. The first-order valence-corrected chi connectivity index (χ1v) is 14.5. The molecule has 0 fully saturated rings. The zero-order chi connectivity index (χ0) is 21.6. The topological polar surface area (TPSA) is 164 Å². The van der Waals surface area contributed by atoms with Crippen LogP contribution < -0.4 is 0 Å². The summed E-state index contributed by atoms with van der Waals surface area (Å²) in [5.74, 6) is -3.09. The van der Waals surface area contributed by atoms with Crippen molar-refractivity contribution in [3.05, 3.63) is 0 Å². The average Bonchev–Trinajstić information content (AvgIpc) is 2.40.